The van der Waals surface area contributed by atoms with Crippen LogP contribution in [0.1, 0.15) is 69.7 Å². The molecule has 1 heterocycles. The van der Waals surface area contributed by atoms with Crippen LogP contribution in [0.3, 0.4) is 0 Å². The fourth-order valence-electron chi connectivity index (χ4n) is 4.05. The number of rotatable bonds is 6. The normalized spacial score (nSPS) is 16.0. The molecule has 0 spiro atoms. The Hall–Kier alpha value is -2.18. The number of ether oxygens (including phenoxy) is 1. The molecule has 0 radical (unpaired) electrons. The predicted molar refractivity (Wildman–Crippen MR) is 134 cm³/mol. The summed E-state index contributed by atoms with van der Waals surface area (Å²) in [5, 5.41) is 5.76. The van der Waals surface area contributed by atoms with E-state index in [1.807, 2.05) is 25.1 Å². The summed E-state index contributed by atoms with van der Waals surface area (Å²) in [6.07, 6.45) is 8.14. The topological polar surface area (TPSA) is 56.5 Å². The van der Waals surface area contributed by atoms with Crippen LogP contribution in [0, 0.1) is 0 Å². The van der Waals surface area contributed by atoms with E-state index in [4.69, 9.17) is 21.3 Å². The van der Waals surface area contributed by atoms with E-state index in [-0.39, 0.29) is 17.6 Å². The highest BCUT2D eigenvalue weighted by atomic mass is 79.9. The van der Waals surface area contributed by atoms with Crippen LogP contribution in [0.4, 0.5) is 0 Å². The number of benzene rings is 2. The standard InChI is InChI=1S/C25H27BrClN3O2/c1-3-16(2)32-23-12-10-20(27)13-18(23)15-28-30-24(17-7-5-4-6-8-17)29-22-11-9-19(26)14-21(22)25(30)31/h9-17H,3-8H2,1-2H3/t16-/m1/s1. The van der Waals surface area contributed by atoms with Gasteiger partial charge in [0, 0.05) is 21.0 Å². The smallest absolute Gasteiger partial charge is 0.282 e. The fourth-order valence-corrected chi connectivity index (χ4v) is 4.59. The van der Waals surface area contributed by atoms with Crippen LogP contribution in [0.5, 0.6) is 5.75 Å². The van der Waals surface area contributed by atoms with Gasteiger partial charge in [-0.1, -0.05) is 53.7 Å². The molecule has 5 nitrogen and oxygen atoms in total. The molecule has 7 heteroatoms. The van der Waals surface area contributed by atoms with Gasteiger partial charge < -0.3 is 4.74 Å². The highest BCUT2D eigenvalue weighted by molar-refractivity contribution is 9.10. The molecule has 0 aliphatic heterocycles. The van der Waals surface area contributed by atoms with Crippen molar-refractivity contribution in [1.29, 1.82) is 0 Å². The van der Waals surface area contributed by atoms with Crippen molar-refractivity contribution in [2.24, 2.45) is 5.10 Å². The lowest BCUT2D eigenvalue weighted by molar-refractivity contribution is 0.217. The lowest BCUT2D eigenvalue weighted by Gasteiger charge is -2.23. The molecule has 1 atom stereocenters. The van der Waals surface area contributed by atoms with Crippen molar-refractivity contribution in [3.8, 4) is 5.75 Å². The summed E-state index contributed by atoms with van der Waals surface area (Å²) in [6.45, 7) is 4.09. The molecule has 1 saturated carbocycles. The van der Waals surface area contributed by atoms with Gasteiger partial charge in [-0.15, -0.1) is 0 Å². The molecule has 0 saturated heterocycles. The van der Waals surface area contributed by atoms with E-state index < -0.39 is 0 Å². The van der Waals surface area contributed by atoms with Crippen LogP contribution < -0.4 is 10.3 Å². The van der Waals surface area contributed by atoms with Crippen molar-refractivity contribution in [3.63, 3.8) is 0 Å². The summed E-state index contributed by atoms with van der Waals surface area (Å²) in [7, 11) is 0. The second kappa shape index (κ2) is 10.2. The first kappa shape index (κ1) is 23.0. The van der Waals surface area contributed by atoms with Crippen LogP contribution >= 0.6 is 27.5 Å². The third-order valence-corrected chi connectivity index (χ3v) is 6.72. The predicted octanol–water partition coefficient (Wildman–Crippen LogP) is 6.92. The van der Waals surface area contributed by atoms with E-state index in [1.165, 1.54) is 11.1 Å². The Kier molecular flexibility index (Phi) is 7.31. The van der Waals surface area contributed by atoms with E-state index in [9.17, 15) is 4.79 Å². The number of nitrogens with zero attached hydrogens (tertiary/aromatic N) is 3. The second-order valence-corrected chi connectivity index (χ2v) is 9.70. The molecule has 2 aromatic carbocycles. The van der Waals surface area contributed by atoms with Crippen LogP contribution in [0.2, 0.25) is 5.02 Å². The lowest BCUT2D eigenvalue weighted by Crippen LogP contribution is -2.25. The van der Waals surface area contributed by atoms with E-state index in [1.54, 1.807) is 24.4 Å². The zero-order valence-corrected chi connectivity index (χ0v) is 20.7. The largest absolute Gasteiger partial charge is 0.490 e. The van der Waals surface area contributed by atoms with Crippen molar-refractivity contribution < 1.29 is 4.74 Å². The summed E-state index contributed by atoms with van der Waals surface area (Å²) < 4.78 is 8.35. The average Bonchev–Trinajstić information content (AvgIpc) is 2.80. The first-order valence-corrected chi connectivity index (χ1v) is 12.4. The molecule has 0 amide bonds. The zero-order chi connectivity index (χ0) is 22.7. The van der Waals surface area contributed by atoms with Crippen LogP contribution in [0.25, 0.3) is 10.9 Å². The number of halogens is 2. The molecule has 168 valence electrons. The minimum Gasteiger partial charge on any atom is -0.490 e. The monoisotopic (exact) mass is 515 g/mol. The highest BCUT2D eigenvalue weighted by Crippen LogP contribution is 2.32. The van der Waals surface area contributed by atoms with Crippen molar-refractivity contribution in [3.05, 3.63) is 67.6 Å². The van der Waals surface area contributed by atoms with Crippen molar-refractivity contribution in [2.75, 3.05) is 0 Å². The maximum atomic E-state index is 13.5. The molecule has 0 N–H and O–H groups in total. The van der Waals surface area contributed by atoms with Gasteiger partial charge in [0.1, 0.15) is 11.6 Å². The number of hydrogen-bond donors (Lipinski definition) is 0. The van der Waals surface area contributed by atoms with Crippen LogP contribution in [-0.4, -0.2) is 22.0 Å². The first-order chi connectivity index (χ1) is 15.5. The van der Waals surface area contributed by atoms with Gasteiger partial charge in [0.25, 0.3) is 5.56 Å². The summed E-state index contributed by atoms with van der Waals surface area (Å²) in [4.78, 5) is 18.4. The van der Waals surface area contributed by atoms with Gasteiger partial charge in [-0.3, -0.25) is 4.79 Å². The highest BCUT2D eigenvalue weighted by Gasteiger charge is 2.22. The SMILES string of the molecule is CC[C@@H](C)Oc1ccc(Cl)cc1C=Nn1c(C2CCCCC2)nc2ccc(Br)cc2c1=O. The van der Waals surface area contributed by atoms with Gasteiger partial charge in [0.15, 0.2) is 0 Å². The van der Waals surface area contributed by atoms with Gasteiger partial charge in [0.05, 0.1) is 23.2 Å². The zero-order valence-electron chi connectivity index (χ0n) is 18.4. The van der Waals surface area contributed by atoms with Crippen molar-refractivity contribution in [1.82, 2.24) is 9.66 Å². The molecule has 32 heavy (non-hydrogen) atoms. The van der Waals surface area contributed by atoms with E-state index >= 15 is 0 Å². The maximum Gasteiger partial charge on any atom is 0.282 e. The van der Waals surface area contributed by atoms with Crippen molar-refractivity contribution >= 4 is 44.6 Å². The third kappa shape index (κ3) is 5.07. The number of aromatic nitrogens is 2. The van der Waals surface area contributed by atoms with Crippen LogP contribution in [-0.2, 0) is 0 Å². The molecule has 1 aromatic heterocycles. The summed E-state index contributed by atoms with van der Waals surface area (Å²) in [5.41, 5.74) is 1.27. The minimum atomic E-state index is -0.167. The molecule has 1 aliphatic carbocycles. The molecule has 1 aliphatic rings. The molecule has 4 rings (SSSR count). The van der Waals surface area contributed by atoms with Gasteiger partial charge in [-0.05, 0) is 62.6 Å². The van der Waals surface area contributed by atoms with Gasteiger partial charge in [0.2, 0.25) is 0 Å². The van der Waals surface area contributed by atoms with E-state index in [0.29, 0.717) is 21.7 Å². The van der Waals surface area contributed by atoms with Crippen LogP contribution in [0.15, 0.2) is 50.8 Å². The van der Waals surface area contributed by atoms with Gasteiger partial charge >= 0.3 is 0 Å². The lowest BCUT2D eigenvalue weighted by atomic mass is 9.88. The molecular formula is C25H27BrClN3O2. The maximum absolute atomic E-state index is 13.5. The quantitative estimate of drug-likeness (QED) is 0.334. The van der Waals surface area contributed by atoms with Crippen molar-refractivity contribution in [2.45, 2.75) is 64.4 Å². The second-order valence-electron chi connectivity index (χ2n) is 8.35. The van der Waals surface area contributed by atoms with E-state index in [2.05, 4.69) is 28.0 Å². The first-order valence-electron chi connectivity index (χ1n) is 11.2. The Bertz CT molecular complexity index is 1200. The number of fused-ring (bicyclic) bond motifs is 1. The summed E-state index contributed by atoms with van der Waals surface area (Å²) in [5.74, 6) is 1.64. The summed E-state index contributed by atoms with van der Waals surface area (Å²) >= 11 is 9.71. The Balaban J connectivity index is 1.83. The minimum absolute atomic E-state index is 0.0588. The molecule has 0 unspecified atom stereocenters. The molecule has 0 bridgehead atoms. The van der Waals surface area contributed by atoms with Gasteiger partial charge in [-0.25, -0.2) is 4.98 Å². The van der Waals surface area contributed by atoms with Gasteiger partial charge in [-0.2, -0.15) is 9.78 Å². The Morgan fingerprint density at radius 1 is 1.25 bits per heavy atom. The van der Waals surface area contributed by atoms with E-state index in [0.717, 1.165) is 48.0 Å². The Morgan fingerprint density at radius 2 is 2.03 bits per heavy atom. The molecule has 3 aromatic rings. The fraction of sp³-hybridized carbons (Fsp3) is 0.400. The number of hydrogen-bond acceptors (Lipinski definition) is 4. The molecular weight excluding hydrogens is 490 g/mol. The average molecular weight is 517 g/mol. The molecule has 1 fully saturated rings. The Morgan fingerprint density at radius 3 is 2.78 bits per heavy atom. The Labute approximate surface area is 201 Å². The summed E-state index contributed by atoms with van der Waals surface area (Å²) in [6, 6.07) is 11.0. The third-order valence-electron chi connectivity index (χ3n) is 5.99.